The molecule has 0 aliphatic heterocycles. The first-order valence-corrected chi connectivity index (χ1v) is 17.4. The number of halogens is 3. The zero-order valence-corrected chi connectivity index (χ0v) is 28.8. The molecule has 0 aliphatic rings. The molecule has 0 heterocycles. The van der Waals surface area contributed by atoms with Crippen molar-refractivity contribution in [2.75, 3.05) is 10.8 Å². The fourth-order valence-electron chi connectivity index (χ4n) is 4.68. The van der Waals surface area contributed by atoms with Gasteiger partial charge in [-0.05, 0) is 79.1 Å². The van der Waals surface area contributed by atoms with Crippen LogP contribution in [0.5, 0.6) is 0 Å². The summed E-state index contributed by atoms with van der Waals surface area (Å²) in [4.78, 5) is 29.8. The van der Waals surface area contributed by atoms with Crippen LogP contribution < -0.4 is 9.62 Å². The Kier molecular flexibility index (Phi) is 12.1. The summed E-state index contributed by atoms with van der Waals surface area (Å²) in [6.45, 7) is 3.36. The zero-order valence-electron chi connectivity index (χ0n) is 24.9. The van der Waals surface area contributed by atoms with Crippen LogP contribution in [-0.4, -0.2) is 43.8 Å². The van der Waals surface area contributed by atoms with Crippen LogP contribution in [0.25, 0.3) is 0 Å². The van der Waals surface area contributed by atoms with E-state index in [0.29, 0.717) is 16.5 Å². The highest BCUT2D eigenvalue weighted by atomic mass is 79.9. The number of rotatable bonds is 13. The topological polar surface area (TPSA) is 86.8 Å². The van der Waals surface area contributed by atoms with Crippen LogP contribution in [0.4, 0.5) is 5.69 Å². The van der Waals surface area contributed by atoms with Gasteiger partial charge in [-0.2, -0.15) is 0 Å². The van der Waals surface area contributed by atoms with Gasteiger partial charge in [-0.3, -0.25) is 13.9 Å². The number of nitrogens with zero attached hydrogens (tertiary/aromatic N) is 2. The van der Waals surface area contributed by atoms with Gasteiger partial charge in [0.25, 0.3) is 10.0 Å². The summed E-state index contributed by atoms with van der Waals surface area (Å²) in [5.74, 6) is -0.885. The van der Waals surface area contributed by atoms with Gasteiger partial charge in [0.1, 0.15) is 12.6 Å². The molecule has 2 amide bonds. The van der Waals surface area contributed by atoms with Crippen molar-refractivity contribution in [3.05, 3.63) is 129 Å². The minimum atomic E-state index is -4.26. The zero-order chi connectivity index (χ0) is 32.6. The molecule has 45 heavy (non-hydrogen) atoms. The fraction of sp³-hybridized carbons (Fsp3) is 0.235. The van der Waals surface area contributed by atoms with Gasteiger partial charge < -0.3 is 10.2 Å². The van der Waals surface area contributed by atoms with Gasteiger partial charge in [0.05, 0.1) is 10.6 Å². The molecule has 0 saturated heterocycles. The first-order valence-electron chi connectivity index (χ1n) is 14.4. The van der Waals surface area contributed by atoms with Crippen molar-refractivity contribution in [3.8, 4) is 0 Å². The van der Waals surface area contributed by atoms with Crippen LogP contribution in [0.2, 0.25) is 10.0 Å². The van der Waals surface area contributed by atoms with E-state index < -0.39 is 28.5 Å². The van der Waals surface area contributed by atoms with Crippen LogP contribution in [0.15, 0.2) is 112 Å². The van der Waals surface area contributed by atoms with E-state index in [0.717, 1.165) is 19.9 Å². The molecule has 0 radical (unpaired) electrons. The molecular formula is C34H34BrCl2N3O4S. The first kappa shape index (κ1) is 34.5. The molecule has 4 aromatic carbocycles. The lowest BCUT2D eigenvalue weighted by molar-refractivity contribution is -0.140. The number of carbonyl (C=O) groups excluding carboxylic acids is 2. The van der Waals surface area contributed by atoms with Crippen molar-refractivity contribution in [1.82, 2.24) is 10.2 Å². The predicted molar refractivity (Wildman–Crippen MR) is 184 cm³/mol. The standard InChI is InChI=1S/C34H34BrCl2N3O4S/c1-3-24(2)38-34(42)32(20-25-8-5-4-6-9-25)39(22-26-12-14-27(35)15-13-26)33(41)23-40(30-11-7-10-29(37)21-30)45(43,44)31-18-16-28(36)17-19-31/h4-19,21,24,32H,3,20,22-23H2,1-2H3,(H,38,42). The van der Waals surface area contributed by atoms with E-state index in [9.17, 15) is 18.0 Å². The van der Waals surface area contributed by atoms with Gasteiger partial charge in [-0.1, -0.05) is 94.6 Å². The minimum Gasteiger partial charge on any atom is -0.352 e. The SMILES string of the molecule is CCC(C)NC(=O)C(Cc1ccccc1)N(Cc1ccc(Br)cc1)C(=O)CN(c1cccc(Cl)c1)S(=O)(=O)c1ccc(Cl)cc1. The van der Waals surface area contributed by atoms with Gasteiger partial charge in [0.2, 0.25) is 11.8 Å². The Balaban J connectivity index is 1.80. The van der Waals surface area contributed by atoms with Crippen molar-refractivity contribution >= 4 is 66.7 Å². The van der Waals surface area contributed by atoms with Crippen LogP contribution in [0.1, 0.15) is 31.4 Å². The van der Waals surface area contributed by atoms with Crippen molar-refractivity contribution in [2.24, 2.45) is 0 Å². The summed E-state index contributed by atoms with van der Waals surface area (Å²) in [5.41, 5.74) is 1.84. The second kappa shape index (κ2) is 15.8. The van der Waals surface area contributed by atoms with Gasteiger partial charge in [0.15, 0.2) is 0 Å². The third kappa shape index (κ3) is 9.33. The fourth-order valence-corrected chi connectivity index (χ4v) is 6.66. The molecule has 1 N–H and O–H groups in total. The average Bonchev–Trinajstić information content (AvgIpc) is 3.02. The number of sulfonamides is 1. The molecule has 4 rings (SSSR count). The Hall–Kier alpha value is -3.37. The van der Waals surface area contributed by atoms with Crippen LogP contribution in [0.3, 0.4) is 0 Å². The molecule has 0 aromatic heterocycles. The summed E-state index contributed by atoms with van der Waals surface area (Å²) in [6, 6.07) is 27.8. The van der Waals surface area contributed by atoms with Crippen LogP contribution in [-0.2, 0) is 32.6 Å². The molecule has 0 saturated carbocycles. The van der Waals surface area contributed by atoms with E-state index in [1.165, 1.54) is 35.2 Å². The van der Waals surface area contributed by atoms with E-state index in [1.807, 2.05) is 68.4 Å². The summed E-state index contributed by atoms with van der Waals surface area (Å²) in [5, 5.41) is 3.71. The Morgan fingerprint density at radius 3 is 2.13 bits per heavy atom. The second-order valence-electron chi connectivity index (χ2n) is 10.6. The Morgan fingerprint density at radius 1 is 0.844 bits per heavy atom. The first-order chi connectivity index (χ1) is 21.5. The monoisotopic (exact) mass is 729 g/mol. The smallest absolute Gasteiger partial charge is 0.264 e. The van der Waals surface area contributed by atoms with Crippen molar-refractivity contribution in [1.29, 1.82) is 0 Å². The van der Waals surface area contributed by atoms with Gasteiger partial charge in [-0.25, -0.2) is 8.42 Å². The number of carbonyl (C=O) groups is 2. The number of amides is 2. The number of nitrogens with one attached hydrogen (secondary N) is 1. The molecular weight excluding hydrogens is 697 g/mol. The van der Waals surface area contributed by atoms with Crippen LogP contribution >= 0.6 is 39.1 Å². The Bertz CT molecular complexity index is 1710. The highest BCUT2D eigenvalue weighted by Gasteiger charge is 2.35. The third-order valence-corrected chi connectivity index (χ3v) is 10.1. The highest BCUT2D eigenvalue weighted by molar-refractivity contribution is 9.10. The number of benzene rings is 4. The Morgan fingerprint density at radius 2 is 1.51 bits per heavy atom. The van der Waals surface area contributed by atoms with Gasteiger partial charge >= 0.3 is 0 Å². The number of hydrogen-bond acceptors (Lipinski definition) is 4. The van der Waals surface area contributed by atoms with Gasteiger partial charge in [-0.15, -0.1) is 0 Å². The van der Waals surface area contributed by atoms with E-state index in [2.05, 4.69) is 21.2 Å². The van der Waals surface area contributed by atoms with E-state index >= 15 is 0 Å². The number of hydrogen-bond donors (Lipinski definition) is 1. The maximum Gasteiger partial charge on any atom is 0.264 e. The van der Waals surface area contributed by atoms with E-state index in [1.54, 1.807) is 18.2 Å². The summed E-state index contributed by atoms with van der Waals surface area (Å²) in [7, 11) is -4.26. The molecule has 7 nitrogen and oxygen atoms in total. The largest absolute Gasteiger partial charge is 0.352 e. The van der Waals surface area contributed by atoms with Crippen molar-refractivity contribution in [2.45, 2.75) is 50.2 Å². The van der Waals surface area contributed by atoms with E-state index in [4.69, 9.17) is 23.2 Å². The molecule has 11 heteroatoms. The quantitative estimate of drug-likeness (QED) is 0.154. The average molecular weight is 732 g/mol. The lowest BCUT2D eigenvalue weighted by Crippen LogP contribution is -2.54. The van der Waals surface area contributed by atoms with Crippen LogP contribution in [0, 0.1) is 0 Å². The highest BCUT2D eigenvalue weighted by Crippen LogP contribution is 2.28. The second-order valence-corrected chi connectivity index (χ2v) is 14.3. The maximum absolute atomic E-state index is 14.5. The predicted octanol–water partition coefficient (Wildman–Crippen LogP) is 7.51. The molecule has 236 valence electrons. The third-order valence-electron chi connectivity index (χ3n) is 7.31. The lowest BCUT2D eigenvalue weighted by atomic mass is 10.0. The minimum absolute atomic E-state index is 0.0468. The van der Waals surface area contributed by atoms with E-state index in [-0.39, 0.29) is 35.5 Å². The normalized spacial score (nSPS) is 12.6. The molecule has 2 atom stereocenters. The summed E-state index contributed by atoms with van der Waals surface area (Å²) < 4.78 is 30.0. The molecule has 0 aliphatic carbocycles. The summed E-state index contributed by atoms with van der Waals surface area (Å²) in [6.07, 6.45) is 0.929. The number of anilines is 1. The van der Waals surface area contributed by atoms with Crippen molar-refractivity contribution < 1.29 is 18.0 Å². The molecule has 2 unspecified atom stereocenters. The molecule has 4 aromatic rings. The molecule has 0 spiro atoms. The maximum atomic E-state index is 14.5. The lowest BCUT2D eigenvalue weighted by Gasteiger charge is -2.34. The van der Waals surface area contributed by atoms with Crippen molar-refractivity contribution in [3.63, 3.8) is 0 Å². The van der Waals surface area contributed by atoms with Gasteiger partial charge in [0, 0.05) is 33.5 Å². The Labute approximate surface area is 283 Å². The summed E-state index contributed by atoms with van der Waals surface area (Å²) >= 11 is 15.8. The molecule has 0 bridgehead atoms. The molecule has 0 fully saturated rings.